The van der Waals surface area contributed by atoms with Gasteiger partial charge in [0.1, 0.15) is 0 Å². The lowest BCUT2D eigenvalue weighted by Gasteiger charge is -2.33. The molecule has 1 aromatic rings. The highest BCUT2D eigenvalue weighted by Gasteiger charge is 2.25. The molecule has 0 spiro atoms. The minimum atomic E-state index is 0.477. The van der Waals surface area contributed by atoms with Crippen molar-refractivity contribution in [3.63, 3.8) is 0 Å². The minimum Gasteiger partial charge on any atom is -0.312 e. The zero-order valence-electron chi connectivity index (χ0n) is 11.2. The predicted molar refractivity (Wildman–Crippen MR) is 74.1 cm³/mol. The van der Waals surface area contributed by atoms with E-state index in [4.69, 9.17) is 5.26 Å². The lowest BCUT2D eigenvalue weighted by Crippen LogP contribution is -2.33. The van der Waals surface area contributed by atoms with Crippen LogP contribution < -0.4 is 5.32 Å². The Morgan fingerprint density at radius 2 is 2.06 bits per heavy atom. The first kappa shape index (κ1) is 13.1. The summed E-state index contributed by atoms with van der Waals surface area (Å²) < 4.78 is 0. The Morgan fingerprint density at radius 3 is 2.78 bits per heavy atom. The predicted octanol–water partition coefficient (Wildman–Crippen LogP) is 3.62. The molecule has 2 rings (SSSR count). The van der Waals surface area contributed by atoms with Crippen molar-refractivity contribution in [3.05, 3.63) is 35.4 Å². The second kappa shape index (κ2) is 6.02. The van der Waals surface area contributed by atoms with Gasteiger partial charge >= 0.3 is 0 Å². The van der Waals surface area contributed by atoms with E-state index in [1.807, 2.05) is 18.2 Å². The normalized spacial score (nSPS) is 18.2. The lowest BCUT2D eigenvalue weighted by molar-refractivity contribution is 0.207. The second-order valence-electron chi connectivity index (χ2n) is 5.79. The van der Waals surface area contributed by atoms with Gasteiger partial charge in [0.15, 0.2) is 0 Å². The Kier molecular flexibility index (Phi) is 4.38. The van der Waals surface area contributed by atoms with Crippen LogP contribution in [0.15, 0.2) is 24.3 Å². The molecule has 1 aliphatic carbocycles. The van der Waals surface area contributed by atoms with E-state index < -0.39 is 0 Å². The molecule has 0 unspecified atom stereocenters. The monoisotopic (exact) mass is 242 g/mol. The summed E-state index contributed by atoms with van der Waals surface area (Å²) in [7, 11) is 0. The molecule has 0 aliphatic heterocycles. The number of nitriles is 1. The Bertz CT molecular complexity index is 425. The summed E-state index contributed by atoms with van der Waals surface area (Å²) in [5, 5.41) is 12.4. The number of benzene rings is 1. The minimum absolute atomic E-state index is 0.477. The molecule has 1 aromatic carbocycles. The zero-order valence-corrected chi connectivity index (χ0v) is 11.2. The molecule has 1 aliphatic rings. The maximum absolute atomic E-state index is 8.86. The van der Waals surface area contributed by atoms with Crippen molar-refractivity contribution < 1.29 is 0 Å². The van der Waals surface area contributed by atoms with E-state index in [1.54, 1.807) is 0 Å². The molecule has 1 fully saturated rings. The molecule has 0 heterocycles. The van der Waals surface area contributed by atoms with Crippen molar-refractivity contribution in [1.82, 2.24) is 5.32 Å². The number of hydrogen-bond acceptors (Lipinski definition) is 2. The Labute approximate surface area is 110 Å². The molecule has 0 radical (unpaired) electrons. The third kappa shape index (κ3) is 3.58. The van der Waals surface area contributed by atoms with Crippen LogP contribution >= 0.6 is 0 Å². The molecule has 0 atom stereocenters. The first-order valence-electron chi connectivity index (χ1n) is 6.92. The van der Waals surface area contributed by atoms with Gasteiger partial charge in [-0.25, -0.2) is 0 Å². The highest BCUT2D eigenvalue weighted by molar-refractivity contribution is 5.32. The molecule has 2 nitrogen and oxygen atoms in total. The molecule has 18 heavy (non-hydrogen) atoms. The Morgan fingerprint density at radius 1 is 1.28 bits per heavy atom. The van der Waals surface area contributed by atoms with E-state index in [2.05, 4.69) is 24.4 Å². The molecule has 96 valence electrons. The maximum atomic E-state index is 8.86. The highest BCUT2D eigenvalue weighted by Crippen LogP contribution is 2.34. The summed E-state index contributed by atoms with van der Waals surface area (Å²) in [5.74, 6) is 0. The van der Waals surface area contributed by atoms with Crippen LogP contribution in [0.4, 0.5) is 0 Å². The van der Waals surface area contributed by atoms with E-state index in [0.717, 1.165) is 18.7 Å². The number of nitrogens with one attached hydrogen (secondary N) is 1. The van der Waals surface area contributed by atoms with Crippen LogP contribution in [0, 0.1) is 16.7 Å². The summed E-state index contributed by atoms with van der Waals surface area (Å²) in [5.41, 5.74) is 2.43. The standard InChI is InChI=1S/C16H22N2/c1-16(8-3-2-4-9-16)13-18-12-15-7-5-6-14(10-15)11-17/h5-7,10,18H,2-4,8-9,12-13H2,1H3. The van der Waals surface area contributed by atoms with Gasteiger partial charge in [-0.15, -0.1) is 0 Å². The third-order valence-electron chi connectivity index (χ3n) is 4.00. The molecule has 0 bridgehead atoms. The molecular weight excluding hydrogens is 220 g/mol. The molecular formula is C16H22N2. The lowest BCUT2D eigenvalue weighted by atomic mass is 9.76. The van der Waals surface area contributed by atoms with Crippen molar-refractivity contribution in [2.24, 2.45) is 5.41 Å². The van der Waals surface area contributed by atoms with E-state index in [0.29, 0.717) is 5.41 Å². The van der Waals surface area contributed by atoms with Crippen LogP contribution in [-0.2, 0) is 6.54 Å². The fourth-order valence-electron chi connectivity index (χ4n) is 2.84. The van der Waals surface area contributed by atoms with Gasteiger partial charge in [0.2, 0.25) is 0 Å². The molecule has 0 aromatic heterocycles. The molecule has 1 saturated carbocycles. The third-order valence-corrected chi connectivity index (χ3v) is 4.00. The van der Waals surface area contributed by atoms with Gasteiger partial charge in [-0.3, -0.25) is 0 Å². The van der Waals surface area contributed by atoms with Gasteiger partial charge in [-0.05, 0) is 36.0 Å². The quantitative estimate of drug-likeness (QED) is 0.875. The number of nitrogens with zero attached hydrogens (tertiary/aromatic N) is 1. The van der Waals surface area contributed by atoms with Crippen molar-refractivity contribution in [2.75, 3.05) is 6.54 Å². The van der Waals surface area contributed by atoms with E-state index in [9.17, 15) is 0 Å². The van der Waals surface area contributed by atoms with Crippen LogP contribution in [0.5, 0.6) is 0 Å². The van der Waals surface area contributed by atoms with Gasteiger partial charge in [0, 0.05) is 13.1 Å². The smallest absolute Gasteiger partial charge is 0.0991 e. The van der Waals surface area contributed by atoms with Gasteiger partial charge in [0.25, 0.3) is 0 Å². The van der Waals surface area contributed by atoms with Gasteiger partial charge in [0.05, 0.1) is 11.6 Å². The molecule has 0 saturated heterocycles. The SMILES string of the molecule is CC1(CNCc2cccc(C#N)c2)CCCCC1. The van der Waals surface area contributed by atoms with E-state index in [1.165, 1.54) is 37.7 Å². The first-order chi connectivity index (χ1) is 8.72. The Balaban J connectivity index is 1.82. The van der Waals surface area contributed by atoms with Crippen LogP contribution in [0.25, 0.3) is 0 Å². The van der Waals surface area contributed by atoms with Gasteiger partial charge in [-0.1, -0.05) is 38.3 Å². The average Bonchev–Trinajstić information content (AvgIpc) is 2.40. The topological polar surface area (TPSA) is 35.8 Å². The zero-order chi connectivity index (χ0) is 12.8. The fourth-order valence-corrected chi connectivity index (χ4v) is 2.84. The van der Waals surface area contributed by atoms with Crippen molar-refractivity contribution in [2.45, 2.75) is 45.6 Å². The summed E-state index contributed by atoms with van der Waals surface area (Å²) in [6.07, 6.45) is 6.85. The van der Waals surface area contributed by atoms with E-state index in [-0.39, 0.29) is 0 Å². The largest absolute Gasteiger partial charge is 0.312 e. The second-order valence-corrected chi connectivity index (χ2v) is 5.79. The van der Waals surface area contributed by atoms with Crippen LogP contribution in [0.2, 0.25) is 0 Å². The number of rotatable bonds is 4. The van der Waals surface area contributed by atoms with Gasteiger partial charge < -0.3 is 5.32 Å². The summed E-state index contributed by atoms with van der Waals surface area (Å²) in [4.78, 5) is 0. The molecule has 0 amide bonds. The summed E-state index contributed by atoms with van der Waals surface area (Å²) in [6, 6.07) is 10.0. The average molecular weight is 242 g/mol. The van der Waals surface area contributed by atoms with Crippen molar-refractivity contribution in [3.8, 4) is 6.07 Å². The first-order valence-corrected chi connectivity index (χ1v) is 6.92. The van der Waals surface area contributed by atoms with Crippen LogP contribution in [0.3, 0.4) is 0 Å². The van der Waals surface area contributed by atoms with Crippen molar-refractivity contribution >= 4 is 0 Å². The Hall–Kier alpha value is -1.33. The van der Waals surface area contributed by atoms with Crippen molar-refractivity contribution in [1.29, 1.82) is 5.26 Å². The molecule has 2 heteroatoms. The number of hydrogen-bond donors (Lipinski definition) is 1. The summed E-state index contributed by atoms with van der Waals surface area (Å²) in [6.45, 7) is 4.35. The van der Waals surface area contributed by atoms with Crippen LogP contribution in [0.1, 0.15) is 50.2 Å². The van der Waals surface area contributed by atoms with Gasteiger partial charge in [-0.2, -0.15) is 5.26 Å². The maximum Gasteiger partial charge on any atom is 0.0991 e. The van der Waals surface area contributed by atoms with Crippen LogP contribution in [-0.4, -0.2) is 6.54 Å². The fraction of sp³-hybridized carbons (Fsp3) is 0.562. The molecule has 1 N–H and O–H groups in total. The summed E-state index contributed by atoms with van der Waals surface area (Å²) >= 11 is 0. The van der Waals surface area contributed by atoms with E-state index >= 15 is 0 Å². The highest BCUT2D eigenvalue weighted by atomic mass is 14.9.